The number of ether oxygens (including phenoxy) is 2. The van der Waals surface area contributed by atoms with Crippen molar-refractivity contribution in [3.8, 4) is 11.5 Å². The fourth-order valence-electron chi connectivity index (χ4n) is 3.06. The molecule has 0 heterocycles. The summed E-state index contributed by atoms with van der Waals surface area (Å²) < 4.78 is 11.5. The van der Waals surface area contributed by atoms with E-state index in [1.54, 1.807) is 7.11 Å². The molecule has 1 aliphatic rings. The lowest BCUT2D eigenvalue weighted by molar-refractivity contribution is 0.0977. The average molecular weight is 264 g/mol. The number of rotatable bonds is 4. The Morgan fingerprint density at radius 1 is 1.11 bits per heavy atom. The van der Waals surface area contributed by atoms with Crippen LogP contribution in [0.4, 0.5) is 0 Å². The maximum absolute atomic E-state index is 9.22. The number of methoxy groups -OCH3 is 1. The third-order valence-corrected chi connectivity index (χ3v) is 3.84. The maximum atomic E-state index is 9.22. The Balaban J connectivity index is 2.12. The van der Waals surface area contributed by atoms with Crippen molar-refractivity contribution in [3.63, 3.8) is 0 Å². The molecule has 0 bridgehead atoms. The van der Waals surface area contributed by atoms with Crippen LogP contribution in [0, 0.1) is 11.8 Å². The van der Waals surface area contributed by atoms with Gasteiger partial charge < -0.3 is 14.6 Å². The van der Waals surface area contributed by atoms with Crippen LogP contribution in [0.25, 0.3) is 0 Å². The predicted molar refractivity (Wildman–Crippen MR) is 75.5 cm³/mol. The van der Waals surface area contributed by atoms with Crippen molar-refractivity contribution in [2.45, 2.75) is 45.8 Å². The summed E-state index contributed by atoms with van der Waals surface area (Å²) in [6.45, 7) is 4.60. The molecule has 1 aliphatic carbocycles. The lowest BCUT2D eigenvalue weighted by Gasteiger charge is -2.32. The molecule has 3 heteroatoms. The molecule has 106 valence electrons. The Morgan fingerprint density at radius 2 is 1.79 bits per heavy atom. The van der Waals surface area contributed by atoms with E-state index in [4.69, 9.17) is 9.47 Å². The molecule has 1 fully saturated rings. The molecule has 19 heavy (non-hydrogen) atoms. The Hall–Kier alpha value is -1.22. The first-order valence-corrected chi connectivity index (χ1v) is 7.06. The monoisotopic (exact) mass is 264 g/mol. The summed E-state index contributed by atoms with van der Waals surface area (Å²) in [6, 6.07) is 5.59. The Labute approximate surface area is 115 Å². The number of benzene rings is 1. The van der Waals surface area contributed by atoms with Gasteiger partial charge in [0.2, 0.25) is 0 Å². The molecule has 0 amide bonds. The largest absolute Gasteiger partial charge is 0.493 e. The van der Waals surface area contributed by atoms with E-state index in [2.05, 4.69) is 13.8 Å². The molecule has 0 aliphatic heterocycles. The quantitative estimate of drug-likeness (QED) is 0.906. The molecule has 1 aromatic rings. The highest BCUT2D eigenvalue weighted by Crippen LogP contribution is 2.35. The van der Waals surface area contributed by atoms with Gasteiger partial charge in [0, 0.05) is 0 Å². The van der Waals surface area contributed by atoms with Gasteiger partial charge in [-0.05, 0) is 48.8 Å². The number of hydrogen-bond acceptors (Lipinski definition) is 3. The summed E-state index contributed by atoms with van der Waals surface area (Å²) in [5.41, 5.74) is 0.854. The second kappa shape index (κ2) is 6.29. The first kappa shape index (κ1) is 14.2. The molecule has 0 spiro atoms. The fraction of sp³-hybridized carbons (Fsp3) is 0.625. The van der Waals surface area contributed by atoms with Gasteiger partial charge in [-0.1, -0.05) is 19.9 Å². The third kappa shape index (κ3) is 3.63. The molecule has 1 saturated carbocycles. The van der Waals surface area contributed by atoms with Gasteiger partial charge in [-0.25, -0.2) is 0 Å². The zero-order valence-electron chi connectivity index (χ0n) is 12.1. The second-order valence-electron chi connectivity index (χ2n) is 5.80. The van der Waals surface area contributed by atoms with E-state index in [-0.39, 0.29) is 12.7 Å². The van der Waals surface area contributed by atoms with E-state index in [0.717, 1.165) is 29.9 Å². The van der Waals surface area contributed by atoms with E-state index < -0.39 is 0 Å². The summed E-state index contributed by atoms with van der Waals surface area (Å²) in [5, 5.41) is 9.22. The summed E-state index contributed by atoms with van der Waals surface area (Å²) in [6.07, 6.45) is 3.73. The maximum Gasteiger partial charge on any atom is 0.161 e. The van der Waals surface area contributed by atoms with Crippen molar-refractivity contribution in [3.05, 3.63) is 23.8 Å². The smallest absolute Gasteiger partial charge is 0.161 e. The summed E-state index contributed by atoms with van der Waals surface area (Å²) in [7, 11) is 1.65. The first-order chi connectivity index (χ1) is 9.12. The van der Waals surface area contributed by atoms with Crippen LogP contribution in [-0.4, -0.2) is 18.3 Å². The number of aliphatic hydroxyl groups excluding tert-OH is 1. The number of aliphatic hydroxyl groups is 1. The van der Waals surface area contributed by atoms with Crippen molar-refractivity contribution in [2.24, 2.45) is 11.8 Å². The van der Waals surface area contributed by atoms with Gasteiger partial charge >= 0.3 is 0 Å². The van der Waals surface area contributed by atoms with Gasteiger partial charge in [-0.3, -0.25) is 0 Å². The highest BCUT2D eigenvalue weighted by Gasteiger charge is 2.26. The van der Waals surface area contributed by atoms with Gasteiger partial charge in [-0.15, -0.1) is 0 Å². The molecule has 2 rings (SSSR count). The summed E-state index contributed by atoms with van der Waals surface area (Å²) in [4.78, 5) is 0. The van der Waals surface area contributed by atoms with Gasteiger partial charge in [0.25, 0.3) is 0 Å². The summed E-state index contributed by atoms with van der Waals surface area (Å²) >= 11 is 0. The van der Waals surface area contributed by atoms with E-state index >= 15 is 0 Å². The number of hydrogen-bond donors (Lipinski definition) is 1. The van der Waals surface area contributed by atoms with Crippen LogP contribution in [-0.2, 0) is 6.61 Å². The molecule has 1 aromatic carbocycles. The van der Waals surface area contributed by atoms with Crippen molar-refractivity contribution >= 4 is 0 Å². The van der Waals surface area contributed by atoms with Crippen LogP contribution in [0.1, 0.15) is 38.7 Å². The molecule has 3 nitrogen and oxygen atoms in total. The van der Waals surface area contributed by atoms with E-state index in [1.165, 1.54) is 6.42 Å². The zero-order chi connectivity index (χ0) is 13.8. The van der Waals surface area contributed by atoms with Gasteiger partial charge in [0.15, 0.2) is 11.5 Å². The van der Waals surface area contributed by atoms with Crippen LogP contribution >= 0.6 is 0 Å². The molecule has 0 radical (unpaired) electrons. The lowest BCUT2D eigenvalue weighted by atomic mass is 9.82. The van der Waals surface area contributed by atoms with Crippen molar-refractivity contribution in [1.29, 1.82) is 0 Å². The van der Waals surface area contributed by atoms with Crippen LogP contribution in [0.5, 0.6) is 11.5 Å². The average Bonchev–Trinajstić information content (AvgIpc) is 2.37. The molecule has 2 atom stereocenters. The van der Waals surface area contributed by atoms with Crippen LogP contribution in [0.3, 0.4) is 0 Å². The van der Waals surface area contributed by atoms with Gasteiger partial charge in [0.1, 0.15) is 0 Å². The highest BCUT2D eigenvalue weighted by atomic mass is 16.5. The third-order valence-electron chi connectivity index (χ3n) is 3.84. The minimum absolute atomic E-state index is 0.0256. The topological polar surface area (TPSA) is 38.7 Å². The van der Waals surface area contributed by atoms with E-state index in [9.17, 15) is 5.11 Å². The Kier molecular flexibility index (Phi) is 4.70. The molecular formula is C16H24O3. The second-order valence-corrected chi connectivity index (χ2v) is 5.80. The first-order valence-electron chi connectivity index (χ1n) is 7.06. The van der Waals surface area contributed by atoms with Crippen LogP contribution in [0.15, 0.2) is 18.2 Å². The summed E-state index contributed by atoms with van der Waals surface area (Å²) in [5.74, 6) is 2.91. The van der Waals surface area contributed by atoms with E-state index in [0.29, 0.717) is 11.8 Å². The lowest BCUT2D eigenvalue weighted by Crippen LogP contribution is -2.28. The molecule has 1 N–H and O–H groups in total. The normalized spacial score (nSPS) is 27.1. The Morgan fingerprint density at radius 3 is 2.37 bits per heavy atom. The highest BCUT2D eigenvalue weighted by molar-refractivity contribution is 5.43. The van der Waals surface area contributed by atoms with Gasteiger partial charge in [0.05, 0.1) is 19.8 Å². The molecule has 0 aromatic heterocycles. The minimum Gasteiger partial charge on any atom is -0.493 e. The van der Waals surface area contributed by atoms with Crippen LogP contribution < -0.4 is 9.47 Å². The van der Waals surface area contributed by atoms with Gasteiger partial charge in [-0.2, -0.15) is 0 Å². The standard InChI is InChI=1S/C16H24O3/c1-11-6-12(2)8-14(7-11)19-16-9-13(10-17)4-5-15(16)18-3/h4-5,9,11-12,14,17H,6-8,10H2,1-3H3. The Bertz CT molecular complexity index is 406. The van der Waals surface area contributed by atoms with Crippen molar-refractivity contribution < 1.29 is 14.6 Å². The van der Waals surface area contributed by atoms with Crippen molar-refractivity contribution in [2.75, 3.05) is 7.11 Å². The molecular weight excluding hydrogens is 240 g/mol. The van der Waals surface area contributed by atoms with Crippen molar-refractivity contribution in [1.82, 2.24) is 0 Å². The van der Waals surface area contributed by atoms with Crippen LogP contribution in [0.2, 0.25) is 0 Å². The SMILES string of the molecule is COc1ccc(CO)cc1OC1CC(C)CC(C)C1. The molecule has 0 saturated heterocycles. The minimum atomic E-state index is 0.0256. The zero-order valence-corrected chi connectivity index (χ0v) is 12.1. The predicted octanol–water partition coefficient (Wildman–Crippen LogP) is 3.39. The fourth-order valence-corrected chi connectivity index (χ4v) is 3.06. The molecule has 2 unspecified atom stereocenters. The van der Waals surface area contributed by atoms with E-state index in [1.807, 2.05) is 18.2 Å².